The molecule has 3 aromatic rings. The number of rotatable bonds is 2. The van der Waals surface area contributed by atoms with Crippen molar-refractivity contribution in [2.24, 2.45) is 5.92 Å². The Labute approximate surface area is 122 Å². The summed E-state index contributed by atoms with van der Waals surface area (Å²) in [4.78, 5) is 8.92. The van der Waals surface area contributed by atoms with Crippen LogP contribution in [0.25, 0.3) is 21.9 Å². The first-order valence-corrected chi connectivity index (χ1v) is 7.40. The van der Waals surface area contributed by atoms with Gasteiger partial charge < -0.3 is 15.0 Å². The molecule has 0 atom stereocenters. The third-order valence-corrected chi connectivity index (χ3v) is 4.28. The normalized spacial score (nSPS) is 16.8. The van der Waals surface area contributed by atoms with Crippen molar-refractivity contribution in [1.29, 1.82) is 0 Å². The quantitative estimate of drug-likeness (QED) is 0.784. The van der Waals surface area contributed by atoms with E-state index in [-0.39, 0.29) is 0 Å². The molecule has 2 aromatic heterocycles. The summed E-state index contributed by atoms with van der Waals surface area (Å²) in [6.07, 6.45) is 4.11. The van der Waals surface area contributed by atoms with E-state index in [9.17, 15) is 0 Å². The van der Waals surface area contributed by atoms with E-state index in [2.05, 4.69) is 20.6 Å². The van der Waals surface area contributed by atoms with Crippen LogP contribution in [0.15, 0.2) is 30.6 Å². The summed E-state index contributed by atoms with van der Waals surface area (Å²) in [5.74, 6) is 1.15. The van der Waals surface area contributed by atoms with Crippen LogP contribution in [-0.2, 0) is 11.3 Å². The number of imidazole rings is 1. The lowest BCUT2D eigenvalue weighted by Gasteiger charge is -2.22. The SMILES string of the molecule is Nc1nc2ccccc2c2c1ncn2CC1CCOCC1. The second-order valence-electron chi connectivity index (χ2n) is 5.66. The Hall–Kier alpha value is -2.14. The molecule has 1 aliphatic heterocycles. The molecule has 2 N–H and O–H groups in total. The van der Waals surface area contributed by atoms with Gasteiger partial charge in [0.2, 0.25) is 0 Å². The van der Waals surface area contributed by atoms with Gasteiger partial charge in [0.25, 0.3) is 0 Å². The number of ether oxygens (including phenoxy) is 1. The zero-order valence-electron chi connectivity index (χ0n) is 11.8. The molecule has 5 heteroatoms. The van der Waals surface area contributed by atoms with Crippen LogP contribution < -0.4 is 5.73 Å². The molecule has 1 aromatic carbocycles. The maximum Gasteiger partial charge on any atom is 0.152 e. The first kappa shape index (κ1) is 12.6. The van der Waals surface area contributed by atoms with E-state index in [4.69, 9.17) is 10.5 Å². The van der Waals surface area contributed by atoms with Crippen LogP contribution in [0.3, 0.4) is 0 Å². The average Bonchev–Trinajstić information content (AvgIpc) is 2.93. The summed E-state index contributed by atoms with van der Waals surface area (Å²) >= 11 is 0. The number of hydrogen-bond acceptors (Lipinski definition) is 4. The number of aromatic nitrogens is 3. The minimum atomic E-state index is 0.509. The maximum atomic E-state index is 6.06. The van der Waals surface area contributed by atoms with Crippen molar-refractivity contribution in [3.05, 3.63) is 30.6 Å². The molecule has 0 spiro atoms. The maximum absolute atomic E-state index is 6.06. The number of nitrogen functional groups attached to an aromatic ring is 1. The number of fused-ring (bicyclic) bond motifs is 3. The van der Waals surface area contributed by atoms with E-state index in [1.807, 2.05) is 24.5 Å². The van der Waals surface area contributed by atoms with Crippen LogP contribution >= 0.6 is 0 Å². The van der Waals surface area contributed by atoms with Gasteiger partial charge in [0, 0.05) is 25.1 Å². The van der Waals surface area contributed by atoms with Crippen molar-refractivity contribution >= 4 is 27.8 Å². The lowest BCUT2D eigenvalue weighted by atomic mass is 10.0. The van der Waals surface area contributed by atoms with E-state index in [0.29, 0.717) is 11.7 Å². The third kappa shape index (κ3) is 2.14. The Bertz CT molecular complexity index is 789. The summed E-state index contributed by atoms with van der Waals surface area (Å²) in [7, 11) is 0. The van der Waals surface area contributed by atoms with E-state index in [1.165, 1.54) is 0 Å². The van der Waals surface area contributed by atoms with Crippen molar-refractivity contribution in [3.63, 3.8) is 0 Å². The molecule has 0 saturated carbocycles. The fourth-order valence-corrected chi connectivity index (χ4v) is 3.15. The molecule has 3 heterocycles. The molecular weight excluding hydrogens is 264 g/mol. The van der Waals surface area contributed by atoms with E-state index >= 15 is 0 Å². The molecule has 5 nitrogen and oxygen atoms in total. The number of nitrogens with two attached hydrogens (primary N) is 1. The second-order valence-corrected chi connectivity index (χ2v) is 5.66. The molecule has 1 aliphatic rings. The smallest absolute Gasteiger partial charge is 0.152 e. The molecule has 0 unspecified atom stereocenters. The number of nitrogens with zero attached hydrogens (tertiary/aromatic N) is 3. The molecule has 4 rings (SSSR count). The Morgan fingerprint density at radius 1 is 1.24 bits per heavy atom. The summed E-state index contributed by atoms with van der Waals surface area (Å²) in [5.41, 5.74) is 8.90. The third-order valence-electron chi connectivity index (χ3n) is 4.28. The first-order valence-electron chi connectivity index (χ1n) is 7.40. The highest BCUT2D eigenvalue weighted by Gasteiger charge is 2.17. The summed E-state index contributed by atoms with van der Waals surface area (Å²) in [5, 5.41) is 1.12. The van der Waals surface area contributed by atoms with Gasteiger partial charge >= 0.3 is 0 Å². The van der Waals surface area contributed by atoms with Gasteiger partial charge in [-0.2, -0.15) is 0 Å². The van der Waals surface area contributed by atoms with Gasteiger partial charge in [0.05, 0.1) is 17.4 Å². The molecule has 0 radical (unpaired) electrons. The molecule has 1 fully saturated rings. The van der Waals surface area contributed by atoms with Gasteiger partial charge in [0.1, 0.15) is 5.52 Å². The number of anilines is 1. The van der Waals surface area contributed by atoms with Crippen molar-refractivity contribution in [1.82, 2.24) is 14.5 Å². The molecular formula is C16H18N4O. The number of para-hydroxylation sites is 1. The lowest BCUT2D eigenvalue weighted by Crippen LogP contribution is -2.20. The van der Waals surface area contributed by atoms with Gasteiger partial charge in [-0.05, 0) is 24.8 Å². The summed E-state index contributed by atoms with van der Waals surface area (Å²) in [6, 6.07) is 8.11. The van der Waals surface area contributed by atoms with Gasteiger partial charge in [-0.15, -0.1) is 0 Å². The zero-order chi connectivity index (χ0) is 14.2. The summed E-state index contributed by atoms with van der Waals surface area (Å²) < 4.78 is 7.67. The van der Waals surface area contributed by atoms with E-state index in [0.717, 1.165) is 54.5 Å². The first-order chi connectivity index (χ1) is 10.3. The average molecular weight is 282 g/mol. The standard InChI is InChI=1S/C16H18N4O/c17-16-14-15(12-3-1-2-4-13(12)19-16)20(10-18-14)9-11-5-7-21-8-6-11/h1-4,10-11H,5-9H2,(H2,17,19). The van der Waals surface area contributed by atoms with E-state index in [1.54, 1.807) is 0 Å². The molecule has 0 amide bonds. The highest BCUT2D eigenvalue weighted by molar-refractivity contribution is 6.06. The van der Waals surface area contributed by atoms with E-state index < -0.39 is 0 Å². The molecule has 21 heavy (non-hydrogen) atoms. The number of benzene rings is 1. The lowest BCUT2D eigenvalue weighted by molar-refractivity contribution is 0.0616. The fourth-order valence-electron chi connectivity index (χ4n) is 3.15. The van der Waals surface area contributed by atoms with Crippen LogP contribution in [-0.4, -0.2) is 27.7 Å². The van der Waals surface area contributed by atoms with Crippen LogP contribution in [0.4, 0.5) is 5.82 Å². The Kier molecular flexibility index (Phi) is 3.00. The van der Waals surface area contributed by atoms with Crippen LogP contribution in [0.1, 0.15) is 12.8 Å². The van der Waals surface area contributed by atoms with Gasteiger partial charge in [-0.3, -0.25) is 0 Å². The minimum Gasteiger partial charge on any atom is -0.382 e. The van der Waals surface area contributed by atoms with Crippen LogP contribution in [0.2, 0.25) is 0 Å². The topological polar surface area (TPSA) is 66.0 Å². The van der Waals surface area contributed by atoms with Crippen molar-refractivity contribution in [2.75, 3.05) is 18.9 Å². The van der Waals surface area contributed by atoms with Crippen LogP contribution in [0.5, 0.6) is 0 Å². The zero-order valence-corrected chi connectivity index (χ0v) is 11.8. The minimum absolute atomic E-state index is 0.509. The molecule has 108 valence electrons. The highest BCUT2D eigenvalue weighted by atomic mass is 16.5. The Morgan fingerprint density at radius 3 is 2.90 bits per heavy atom. The largest absolute Gasteiger partial charge is 0.382 e. The van der Waals surface area contributed by atoms with Crippen molar-refractivity contribution in [3.8, 4) is 0 Å². The van der Waals surface area contributed by atoms with Gasteiger partial charge in [-0.1, -0.05) is 18.2 Å². The van der Waals surface area contributed by atoms with Crippen LogP contribution in [0, 0.1) is 5.92 Å². The predicted octanol–water partition coefficient (Wildman–Crippen LogP) is 2.59. The molecule has 0 aliphatic carbocycles. The Morgan fingerprint density at radius 2 is 2.05 bits per heavy atom. The highest BCUT2D eigenvalue weighted by Crippen LogP contribution is 2.28. The van der Waals surface area contributed by atoms with Gasteiger partial charge in [0.15, 0.2) is 5.82 Å². The monoisotopic (exact) mass is 282 g/mol. The number of hydrogen-bond donors (Lipinski definition) is 1. The second kappa shape index (κ2) is 5.00. The van der Waals surface area contributed by atoms with Crippen molar-refractivity contribution < 1.29 is 4.74 Å². The molecule has 1 saturated heterocycles. The predicted molar refractivity (Wildman–Crippen MR) is 83.0 cm³/mol. The Balaban J connectivity index is 1.85. The van der Waals surface area contributed by atoms with Crippen molar-refractivity contribution in [2.45, 2.75) is 19.4 Å². The summed E-state index contributed by atoms with van der Waals surface area (Å²) in [6.45, 7) is 2.69. The fraction of sp³-hybridized carbons (Fsp3) is 0.375. The van der Waals surface area contributed by atoms with Gasteiger partial charge in [-0.25, -0.2) is 9.97 Å². The number of pyridine rings is 1. The molecule has 0 bridgehead atoms.